The minimum atomic E-state index is -0.0585. The van der Waals surface area contributed by atoms with E-state index in [4.69, 9.17) is 0 Å². The Balaban J connectivity index is 1.83. The van der Waals surface area contributed by atoms with Crippen molar-refractivity contribution in [1.29, 1.82) is 0 Å². The van der Waals surface area contributed by atoms with Crippen LogP contribution in [0.15, 0.2) is 78.9 Å². The van der Waals surface area contributed by atoms with E-state index in [2.05, 4.69) is 36.5 Å². The molecular weight excluding hydrogens is 306 g/mol. The molecule has 2 nitrogen and oxygen atoms in total. The summed E-state index contributed by atoms with van der Waals surface area (Å²) in [4.78, 5) is 12.8. The van der Waals surface area contributed by atoms with Crippen molar-refractivity contribution in [3.63, 3.8) is 0 Å². The number of nitrogens with one attached hydrogen (secondary N) is 1. The Morgan fingerprint density at radius 2 is 1.56 bits per heavy atom. The van der Waals surface area contributed by atoms with Crippen LogP contribution in [0, 0.1) is 13.8 Å². The van der Waals surface area contributed by atoms with Gasteiger partial charge in [0.1, 0.15) is 0 Å². The first kappa shape index (κ1) is 17.0. The number of rotatable bonds is 6. The summed E-state index contributed by atoms with van der Waals surface area (Å²) in [6.45, 7) is 4.10. The second-order valence-electron chi connectivity index (χ2n) is 6.47. The van der Waals surface area contributed by atoms with Crippen LogP contribution in [-0.2, 0) is 0 Å². The van der Waals surface area contributed by atoms with Crippen molar-refractivity contribution in [2.75, 3.05) is 5.32 Å². The SMILES string of the molecule is Cc1ccc(C(=O)CC(Nc2cccc(C)c2)c2ccccc2)cc1. The maximum Gasteiger partial charge on any atom is 0.165 e. The lowest BCUT2D eigenvalue weighted by molar-refractivity contribution is 0.0976. The number of carbonyl (C=O) groups is 1. The molecule has 0 heterocycles. The second-order valence-corrected chi connectivity index (χ2v) is 6.47. The van der Waals surface area contributed by atoms with Crippen LogP contribution in [0.3, 0.4) is 0 Å². The molecule has 0 spiro atoms. The van der Waals surface area contributed by atoms with Gasteiger partial charge in [-0.15, -0.1) is 0 Å². The van der Waals surface area contributed by atoms with Crippen molar-refractivity contribution in [1.82, 2.24) is 0 Å². The zero-order valence-electron chi connectivity index (χ0n) is 14.7. The van der Waals surface area contributed by atoms with Crippen molar-refractivity contribution in [2.45, 2.75) is 26.3 Å². The van der Waals surface area contributed by atoms with Crippen LogP contribution in [-0.4, -0.2) is 5.78 Å². The summed E-state index contributed by atoms with van der Waals surface area (Å²) in [5, 5.41) is 3.53. The van der Waals surface area contributed by atoms with Gasteiger partial charge in [-0.1, -0.05) is 72.3 Å². The summed E-state index contributed by atoms with van der Waals surface area (Å²) in [7, 11) is 0. The Hall–Kier alpha value is -2.87. The van der Waals surface area contributed by atoms with Gasteiger partial charge >= 0.3 is 0 Å². The number of benzene rings is 3. The molecule has 0 bridgehead atoms. The maximum atomic E-state index is 12.8. The molecular formula is C23H23NO. The summed E-state index contributed by atoms with van der Waals surface area (Å²) < 4.78 is 0. The standard InChI is InChI=1S/C23H23NO/c1-17-11-13-20(14-12-17)23(25)16-22(19-8-4-3-5-9-19)24-21-10-6-7-18(2)15-21/h3-15,22,24H,16H2,1-2H3. The van der Waals surface area contributed by atoms with Gasteiger partial charge in [-0.3, -0.25) is 4.79 Å². The maximum absolute atomic E-state index is 12.8. The van der Waals surface area contributed by atoms with Crippen molar-refractivity contribution in [2.24, 2.45) is 0 Å². The average molecular weight is 329 g/mol. The lowest BCUT2D eigenvalue weighted by Gasteiger charge is -2.20. The summed E-state index contributed by atoms with van der Waals surface area (Å²) in [6.07, 6.45) is 0.418. The molecule has 0 saturated heterocycles. The number of anilines is 1. The quantitative estimate of drug-likeness (QED) is 0.585. The molecule has 0 amide bonds. The summed E-state index contributed by atoms with van der Waals surface area (Å²) >= 11 is 0. The average Bonchev–Trinajstić information content (AvgIpc) is 2.62. The smallest absolute Gasteiger partial charge is 0.165 e. The summed E-state index contributed by atoms with van der Waals surface area (Å²) in [5.41, 5.74) is 5.27. The van der Waals surface area contributed by atoms with Gasteiger partial charge in [0.25, 0.3) is 0 Å². The minimum Gasteiger partial charge on any atom is -0.378 e. The predicted molar refractivity (Wildman–Crippen MR) is 104 cm³/mol. The first-order valence-electron chi connectivity index (χ1n) is 8.60. The first-order chi connectivity index (χ1) is 12.1. The molecule has 0 aliphatic carbocycles. The number of carbonyl (C=O) groups excluding carboxylic acids is 1. The molecule has 25 heavy (non-hydrogen) atoms. The Labute approximate surface area is 149 Å². The molecule has 0 fully saturated rings. The molecule has 3 aromatic carbocycles. The summed E-state index contributed by atoms with van der Waals surface area (Å²) in [5.74, 6) is 0.147. The number of Topliss-reactive ketones (excluding diaryl/α,β-unsaturated/α-hetero) is 1. The van der Waals surface area contributed by atoms with E-state index in [-0.39, 0.29) is 11.8 Å². The van der Waals surface area contributed by atoms with Gasteiger partial charge in [-0.25, -0.2) is 0 Å². The van der Waals surface area contributed by atoms with Crippen molar-refractivity contribution in [3.8, 4) is 0 Å². The Morgan fingerprint density at radius 3 is 2.24 bits per heavy atom. The highest BCUT2D eigenvalue weighted by Gasteiger charge is 2.17. The molecule has 0 aromatic heterocycles. The lowest BCUT2D eigenvalue weighted by Crippen LogP contribution is -2.16. The van der Waals surface area contributed by atoms with Gasteiger partial charge in [0.15, 0.2) is 5.78 Å². The van der Waals surface area contributed by atoms with E-state index >= 15 is 0 Å². The third kappa shape index (κ3) is 4.57. The molecule has 3 aromatic rings. The van der Waals surface area contributed by atoms with Gasteiger partial charge in [-0.05, 0) is 37.1 Å². The van der Waals surface area contributed by atoms with E-state index in [9.17, 15) is 4.79 Å². The molecule has 1 unspecified atom stereocenters. The highest BCUT2D eigenvalue weighted by Crippen LogP contribution is 2.25. The van der Waals surface area contributed by atoms with Crippen molar-refractivity contribution >= 4 is 11.5 Å². The Bertz CT molecular complexity index is 837. The fraction of sp³-hybridized carbons (Fsp3) is 0.174. The molecule has 3 rings (SSSR count). The van der Waals surface area contributed by atoms with E-state index < -0.39 is 0 Å². The van der Waals surface area contributed by atoms with Crippen LogP contribution in [0.25, 0.3) is 0 Å². The molecule has 1 atom stereocenters. The largest absolute Gasteiger partial charge is 0.378 e. The molecule has 2 heteroatoms. The minimum absolute atomic E-state index is 0.0585. The lowest BCUT2D eigenvalue weighted by atomic mass is 9.97. The number of ketones is 1. The Kier molecular flexibility index (Phi) is 5.30. The van der Waals surface area contributed by atoms with E-state index in [0.717, 1.165) is 22.4 Å². The van der Waals surface area contributed by atoms with E-state index in [1.54, 1.807) is 0 Å². The molecule has 0 aliphatic heterocycles. The fourth-order valence-electron chi connectivity index (χ4n) is 2.92. The van der Waals surface area contributed by atoms with Crippen LogP contribution >= 0.6 is 0 Å². The van der Waals surface area contributed by atoms with Crippen LogP contribution in [0.1, 0.15) is 39.5 Å². The van der Waals surface area contributed by atoms with Gasteiger partial charge in [-0.2, -0.15) is 0 Å². The molecule has 0 radical (unpaired) electrons. The van der Waals surface area contributed by atoms with Gasteiger partial charge in [0, 0.05) is 17.7 Å². The first-order valence-corrected chi connectivity index (χ1v) is 8.60. The van der Waals surface area contributed by atoms with Crippen molar-refractivity contribution < 1.29 is 4.79 Å². The third-order valence-electron chi connectivity index (χ3n) is 4.32. The highest BCUT2D eigenvalue weighted by molar-refractivity contribution is 5.96. The monoisotopic (exact) mass is 329 g/mol. The van der Waals surface area contributed by atoms with Gasteiger partial charge in [0.2, 0.25) is 0 Å². The topological polar surface area (TPSA) is 29.1 Å². The second kappa shape index (κ2) is 7.80. The van der Waals surface area contributed by atoms with Crippen LogP contribution in [0.5, 0.6) is 0 Å². The van der Waals surface area contributed by atoms with Crippen LogP contribution in [0.2, 0.25) is 0 Å². The predicted octanol–water partition coefficient (Wildman–Crippen LogP) is 5.73. The molecule has 0 aliphatic rings. The van der Waals surface area contributed by atoms with Crippen LogP contribution in [0.4, 0.5) is 5.69 Å². The van der Waals surface area contributed by atoms with E-state index in [0.29, 0.717) is 6.42 Å². The zero-order valence-corrected chi connectivity index (χ0v) is 14.7. The zero-order chi connectivity index (χ0) is 17.6. The molecule has 126 valence electrons. The Morgan fingerprint density at radius 1 is 0.840 bits per heavy atom. The van der Waals surface area contributed by atoms with E-state index in [1.165, 1.54) is 5.56 Å². The fourth-order valence-corrected chi connectivity index (χ4v) is 2.92. The van der Waals surface area contributed by atoms with E-state index in [1.807, 2.05) is 61.5 Å². The normalized spacial score (nSPS) is 11.8. The van der Waals surface area contributed by atoms with Gasteiger partial charge < -0.3 is 5.32 Å². The van der Waals surface area contributed by atoms with Crippen LogP contribution < -0.4 is 5.32 Å². The number of aryl methyl sites for hydroxylation is 2. The number of hydrogen-bond acceptors (Lipinski definition) is 2. The molecule has 0 saturated carbocycles. The highest BCUT2D eigenvalue weighted by atomic mass is 16.1. The summed E-state index contributed by atoms with van der Waals surface area (Å²) in [6, 6.07) is 26.1. The van der Waals surface area contributed by atoms with Gasteiger partial charge in [0.05, 0.1) is 6.04 Å². The number of hydrogen-bond donors (Lipinski definition) is 1. The molecule has 1 N–H and O–H groups in total. The van der Waals surface area contributed by atoms with Crippen molar-refractivity contribution in [3.05, 3.63) is 101 Å². The third-order valence-corrected chi connectivity index (χ3v) is 4.32.